The molecule has 0 aliphatic rings. The van der Waals surface area contributed by atoms with Crippen molar-refractivity contribution in [2.45, 2.75) is 6.42 Å². The first-order chi connectivity index (χ1) is 27.6. The molecule has 0 aliphatic heterocycles. The molecule has 2 N–H and O–H groups in total. The highest BCUT2D eigenvalue weighted by Crippen LogP contribution is 2.41. The number of hydrogen-bond acceptors (Lipinski definition) is 6. The van der Waals surface area contributed by atoms with Crippen molar-refractivity contribution in [3.05, 3.63) is 193 Å². The van der Waals surface area contributed by atoms with Gasteiger partial charge in [-0.25, -0.2) is 19.9 Å². The van der Waals surface area contributed by atoms with Gasteiger partial charge in [0, 0.05) is 54.2 Å². The predicted octanol–water partition coefficient (Wildman–Crippen LogP) is 12.3. The van der Waals surface area contributed by atoms with Crippen molar-refractivity contribution in [3.8, 4) is 45.3 Å². The van der Waals surface area contributed by atoms with E-state index in [1.165, 1.54) is 4.70 Å². The highest BCUT2D eigenvalue weighted by atomic mass is 32.1. The van der Waals surface area contributed by atoms with Gasteiger partial charge in [-0.05, 0) is 47.0 Å². The molecule has 266 valence electrons. The Bertz CT molecular complexity index is 2990. The van der Waals surface area contributed by atoms with Crippen molar-refractivity contribution in [1.29, 1.82) is 0 Å². The second kappa shape index (κ2) is 14.2. The summed E-state index contributed by atoms with van der Waals surface area (Å²) in [6.45, 7) is 0. The first kappa shape index (κ1) is 33.4. The molecule has 0 amide bonds. The van der Waals surface area contributed by atoms with Gasteiger partial charge < -0.3 is 10.2 Å². The summed E-state index contributed by atoms with van der Waals surface area (Å²) in [6, 6.07) is 59.7. The number of hydrogen-bond donors (Lipinski definition) is 1. The number of aromatic nitrogens is 3. The Morgan fingerprint density at radius 1 is 0.536 bits per heavy atom. The van der Waals surface area contributed by atoms with Crippen LogP contribution in [-0.4, -0.2) is 20.8 Å². The van der Waals surface area contributed by atoms with Crippen molar-refractivity contribution >= 4 is 54.0 Å². The Morgan fingerprint density at radius 2 is 1.14 bits per heavy atom. The van der Waals surface area contributed by atoms with Crippen LogP contribution in [0.3, 0.4) is 0 Å². The summed E-state index contributed by atoms with van der Waals surface area (Å²) in [5.41, 5.74) is 15.3. The number of nitrogens with two attached hydrogens (primary N) is 1. The average molecular weight is 740 g/mol. The van der Waals surface area contributed by atoms with Crippen LogP contribution in [0.2, 0.25) is 0 Å². The summed E-state index contributed by atoms with van der Waals surface area (Å²) in [7, 11) is 0. The Morgan fingerprint density at radius 3 is 1.84 bits per heavy atom. The summed E-state index contributed by atoms with van der Waals surface area (Å²) in [6.07, 6.45) is 0.533. The average Bonchev–Trinajstić information content (AvgIpc) is 3.81. The van der Waals surface area contributed by atoms with Crippen molar-refractivity contribution in [1.82, 2.24) is 15.0 Å². The van der Waals surface area contributed by atoms with Gasteiger partial charge in [-0.2, -0.15) is 0 Å². The third-order valence-corrected chi connectivity index (χ3v) is 11.2. The van der Waals surface area contributed by atoms with Gasteiger partial charge in [-0.3, -0.25) is 0 Å². The molecular weight excluding hydrogens is 707 g/mol. The zero-order valence-corrected chi connectivity index (χ0v) is 30.9. The molecule has 0 fully saturated rings. The van der Waals surface area contributed by atoms with Crippen LogP contribution in [0.15, 0.2) is 185 Å². The standard InChI is InChI=1S/C49H33N5OS/c50-46(34-26-24-33(25-27-34)32-13-4-1-5-14-32)51-45-37-19-10-11-21-40(37)55-41(45)30-31-23-28-42-39(29-31)44-38(20-12-22-43(44)56-42)49-53-47(35-15-6-2-7-16-35)52-48(54-49)36-17-8-3-9-18-36/h1-29H,30H2,(H2,50,51). The lowest BCUT2D eigenvalue weighted by Gasteiger charge is -2.09. The van der Waals surface area contributed by atoms with E-state index in [4.69, 9.17) is 30.1 Å². The summed E-state index contributed by atoms with van der Waals surface area (Å²) in [5, 5.41) is 3.18. The lowest BCUT2D eigenvalue weighted by atomic mass is 10.0. The van der Waals surface area contributed by atoms with E-state index >= 15 is 0 Å². The van der Waals surface area contributed by atoms with Gasteiger partial charge in [0.1, 0.15) is 22.9 Å². The third-order valence-electron chi connectivity index (χ3n) is 10.0. The molecule has 7 aromatic carbocycles. The van der Waals surface area contributed by atoms with Crippen LogP contribution in [0.5, 0.6) is 0 Å². The maximum atomic E-state index is 6.71. The predicted molar refractivity (Wildman–Crippen MR) is 230 cm³/mol. The number of benzene rings is 7. The fourth-order valence-corrected chi connectivity index (χ4v) is 8.37. The molecule has 7 heteroatoms. The van der Waals surface area contributed by atoms with Crippen LogP contribution >= 0.6 is 11.3 Å². The number of para-hydroxylation sites is 1. The highest BCUT2D eigenvalue weighted by molar-refractivity contribution is 7.25. The van der Waals surface area contributed by atoms with Gasteiger partial charge in [0.2, 0.25) is 0 Å². The molecule has 0 aliphatic carbocycles. The van der Waals surface area contributed by atoms with E-state index in [0.717, 1.165) is 76.8 Å². The number of furan rings is 1. The molecule has 0 saturated carbocycles. The number of amidine groups is 1. The number of fused-ring (bicyclic) bond motifs is 4. The molecule has 0 atom stereocenters. The summed E-state index contributed by atoms with van der Waals surface area (Å²) in [5.74, 6) is 3.09. The summed E-state index contributed by atoms with van der Waals surface area (Å²) >= 11 is 1.77. The SMILES string of the molecule is NC(=Nc1c(Cc2ccc3sc4cccc(-c5nc(-c6ccccc6)nc(-c6ccccc6)n5)c4c3c2)oc2ccccc12)c1ccc(-c2ccccc2)cc1. The maximum absolute atomic E-state index is 6.71. The minimum absolute atomic E-state index is 0.434. The molecule has 0 radical (unpaired) electrons. The molecule has 0 unspecified atom stereocenters. The lowest BCUT2D eigenvalue weighted by Crippen LogP contribution is -2.12. The van der Waals surface area contributed by atoms with E-state index in [2.05, 4.69) is 60.7 Å². The first-order valence-electron chi connectivity index (χ1n) is 18.5. The minimum atomic E-state index is 0.434. The smallest absolute Gasteiger partial charge is 0.164 e. The molecule has 0 bridgehead atoms. The fraction of sp³-hybridized carbons (Fsp3) is 0.0204. The van der Waals surface area contributed by atoms with Gasteiger partial charge in [0.05, 0.1) is 0 Å². The van der Waals surface area contributed by atoms with E-state index < -0.39 is 0 Å². The summed E-state index contributed by atoms with van der Waals surface area (Å²) in [4.78, 5) is 20.1. The normalized spacial score (nSPS) is 11.8. The second-order valence-electron chi connectivity index (χ2n) is 13.6. The largest absolute Gasteiger partial charge is 0.458 e. The zero-order chi connectivity index (χ0) is 37.4. The van der Waals surface area contributed by atoms with Gasteiger partial charge in [-0.1, -0.05) is 146 Å². The lowest BCUT2D eigenvalue weighted by molar-refractivity contribution is 0.564. The van der Waals surface area contributed by atoms with E-state index in [-0.39, 0.29) is 0 Å². The van der Waals surface area contributed by atoms with Crippen LogP contribution in [0.1, 0.15) is 16.9 Å². The van der Waals surface area contributed by atoms with Gasteiger partial charge in [0.15, 0.2) is 17.5 Å². The molecular formula is C49H33N5OS. The minimum Gasteiger partial charge on any atom is -0.458 e. The molecule has 10 aromatic rings. The molecule has 10 rings (SSSR count). The quantitative estimate of drug-likeness (QED) is 0.124. The van der Waals surface area contributed by atoms with Crippen molar-refractivity contribution in [3.63, 3.8) is 0 Å². The molecule has 0 saturated heterocycles. The van der Waals surface area contributed by atoms with Crippen LogP contribution in [0, 0.1) is 0 Å². The summed E-state index contributed by atoms with van der Waals surface area (Å²) < 4.78 is 8.86. The van der Waals surface area contributed by atoms with Crippen LogP contribution < -0.4 is 5.73 Å². The van der Waals surface area contributed by atoms with Crippen LogP contribution in [0.4, 0.5) is 5.69 Å². The third kappa shape index (κ3) is 6.30. The fourth-order valence-electron chi connectivity index (χ4n) is 7.26. The Balaban J connectivity index is 1.06. The van der Waals surface area contributed by atoms with E-state index in [0.29, 0.717) is 29.7 Å². The van der Waals surface area contributed by atoms with Crippen LogP contribution in [0.25, 0.3) is 76.4 Å². The molecule has 56 heavy (non-hydrogen) atoms. The van der Waals surface area contributed by atoms with Gasteiger partial charge in [-0.15, -0.1) is 11.3 Å². The van der Waals surface area contributed by atoms with E-state index in [1.807, 2.05) is 115 Å². The molecule has 3 aromatic heterocycles. The van der Waals surface area contributed by atoms with Crippen LogP contribution in [-0.2, 0) is 6.42 Å². The molecule has 6 nitrogen and oxygen atoms in total. The van der Waals surface area contributed by atoms with Crippen molar-refractivity contribution < 1.29 is 4.42 Å². The zero-order valence-electron chi connectivity index (χ0n) is 30.1. The number of rotatable bonds is 8. The number of aliphatic imine (C=N–C) groups is 1. The topological polar surface area (TPSA) is 90.2 Å². The number of thiophene rings is 1. The maximum Gasteiger partial charge on any atom is 0.164 e. The van der Waals surface area contributed by atoms with E-state index in [9.17, 15) is 0 Å². The van der Waals surface area contributed by atoms with E-state index in [1.54, 1.807) is 11.3 Å². The monoisotopic (exact) mass is 739 g/mol. The van der Waals surface area contributed by atoms with Gasteiger partial charge >= 0.3 is 0 Å². The number of nitrogens with zero attached hydrogens (tertiary/aromatic N) is 4. The van der Waals surface area contributed by atoms with Crippen molar-refractivity contribution in [2.24, 2.45) is 10.7 Å². The highest BCUT2D eigenvalue weighted by Gasteiger charge is 2.19. The Kier molecular flexibility index (Phi) is 8.46. The van der Waals surface area contributed by atoms with Gasteiger partial charge in [0.25, 0.3) is 0 Å². The second-order valence-corrected chi connectivity index (χ2v) is 14.7. The molecule has 3 heterocycles. The Labute approximate surface area is 327 Å². The first-order valence-corrected chi connectivity index (χ1v) is 19.3. The molecule has 0 spiro atoms. The van der Waals surface area contributed by atoms with Crippen molar-refractivity contribution in [2.75, 3.05) is 0 Å². The Hall–Kier alpha value is -7.22.